The Balaban J connectivity index is 1.18. The van der Waals surface area contributed by atoms with Crippen molar-refractivity contribution in [3.63, 3.8) is 0 Å². The Morgan fingerprint density at radius 1 is 0.533 bits per heavy atom. The van der Waals surface area contributed by atoms with E-state index in [1.165, 1.54) is 9.80 Å². The topological polar surface area (TPSA) is 74.8 Å². The fourth-order valence-corrected chi connectivity index (χ4v) is 11.2. The van der Waals surface area contributed by atoms with Gasteiger partial charge in [-0.25, -0.2) is 0 Å². The maximum Gasteiger partial charge on any atom is 0.233 e. The molecule has 30 heavy (non-hydrogen) atoms. The predicted octanol–water partition coefficient (Wildman–Crippen LogP) is 2.54. The molecule has 6 aliphatic rings. The summed E-state index contributed by atoms with van der Waals surface area (Å²) in [6, 6.07) is 0. The zero-order chi connectivity index (χ0) is 21.2. The van der Waals surface area contributed by atoms with Crippen LogP contribution in [0.25, 0.3) is 0 Å². The van der Waals surface area contributed by atoms with Crippen molar-refractivity contribution in [3.8, 4) is 0 Å². The summed E-state index contributed by atoms with van der Waals surface area (Å²) in [5, 5.41) is 0. The molecule has 4 aliphatic carbocycles. The van der Waals surface area contributed by atoms with Crippen LogP contribution in [0.3, 0.4) is 0 Å². The average molecular weight is 672 g/mol. The van der Waals surface area contributed by atoms with Gasteiger partial charge < -0.3 is 0 Å². The second kappa shape index (κ2) is 6.86. The lowest BCUT2D eigenvalue weighted by Gasteiger charge is -2.28. The molecule has 162 valence electrons. The number of carbonyl (C=O) groups excluding carboxylic acids is 4. The van der Waals surface area contributed by atoms with E-state index in [1.807, 2.05) is 0 Å². The number of halogens is 4. The first-order chi connectivity index (χ1) is 14.2. The molecular weight excluding hydrogens is 652 g/mol. The highest BCUT2D eigenvalue weighted by Gasteiger charge is 2.68. The van der Waals surface area contributed by atoms with Gasteiger partial charge in [0.25, 0.3) is 0 Å². The van der Waals surface area contributed by atoms with Gasteiger partial charge in [-0.05, 0) is 36.5 Å². The third-order valence-electron chi connectivity index (χ3n) is 8.70. The standard InChI is InChI=1S/C20H20Br4N2O4/c21-13-5-3-6(14(13)22)10-9(5)17(27)25(18(10)28)1-2-26-19(29)11-7-4-8(12(11)20(26)30)16(24)15(7)23/h5-16H,1-4H2/t5-,6+,7-,8+,9?,10?,11?,12?,13?,14?,15?,16?. The number of amides is 4. The second-order valence-corrected chi connectivity index (χ2v) is 13.9. The van der Waals surface area contributed by atoms with Crippen molar-refractivity contribution in [3.05, 3.63) is 0 Å². The molecule has 0 N–H and O–H groups in total. The number of likely N-dealkylation sites (tertiary alicyclic amines) is 2. The zero-order valence-electron chi connectivity index (χ0n) is 15.8. The second-order valence-electron chi connectivity index (χ2n) is 9.66. The molecule has 0 spiro atoms. The van der Waals surface area contributed by atoms with E-state index in [0.717, 1.165) is 12.8 Å². The summed E-state index contributed by atoms with van der Waals surface area (Å²) in [7, 11) is 0. The highest BCUT2D eigenvalue weighted by molar-refractivity contribution is 9.12. The maximum absolute atomic E-state index is 13.1. The third kappa shape index (κ3) is 2.40. The van der Waals surface area contributed by atoms with Gasteiger partial charge in [0.15, 0.2) is 0 Å². The van der Waals surface area contributed by atoms with Crippen LogP contribution < -0.4 is 0 Å². The van der Waals surface area contributed by atoms with Gasteiger partial charge in [0, 0.05) is 32.4 Å². The smallest absolute Gasteiger partial charge is 0.233 e. The number of carbonyl (C=O) groups is 4. The molecule has 6 nitrogen and oxygen atoms in total. The van der Waals surface area contributed by atoms with E-state index in [2.05, 4.69) is 63.7 Å². The normalized spacial score (nSPS) is 53.5. The number of alkyl halides is 4. The molecule has 2 aliphatic heterocycles. The molecule has 0 aromatic rings. The van der Waals surface area contributed by atoms with Crippen molar-refractivity contribution < 1.29 is 19.2 Å². The molecule has 2 heterocycles. The molecular formula is C20H20Br4N2O4. The van der Waals surface area contributed by atoms with Crippen molar-refractivity contribution in [2.45, 2.75) is 32.2 Å². The van der Waals surface area contributed by atoms with E-state index < -0.39 is 0 Å². The van der Waals surface area contributed by atoms with E-state index in [0.29, 0.717) is 0 Å². The van der Waals surface area contributed by atoms with Crippen LogP contribution in [-0.4, -0.2) is 65.8 Å². The van der Waals surface area contributed by atoms with E-state index in [9.17, 15) is 19.2 Å². The third-order valence-corrected chi connectivity index (χ3v) is 15.1. The summed E-state index contributed by atoms with van der Waals surface area (Å²) < 4.78 is 0. The Morgan fingerprint density at radius 3 is 1.00 bits per heavy atom. The number of imide groups is 2. The molecule has 0 aromatic heterocycles. The molecule has 8 unspecified atom stereocenters. The van der Waals surface area contributed by atoms with Gasteiger partial charge in [0.2, 0.25) is 23.6 Å². The predicted molar refractivity (Wildman–Crippen MR) is 121 cm³/mol. The largest absolute Gasteiger partial charge is 0.280 e. The van der Waals surface area contributed by atoms with Crippen LogP contribution in [0, 0.1) is 47.3 Å². The number of hydrogen-bond acceptors (Lipinski definition) is 4. The first-order valence-electron chi connectivity index (χ1n) is 10.5. The quantitative estimate of drug-likeness (QED) is 0.342. The summed E-state index contributed by atoms with van der Waals surface area (Å²) >= 11 is 14.8. The van der Waals surface area contributed by atoms with E-state index in [4.69, 9.17) is 0 Å². The molecule has 4 amide bonds. The molecule has 0 aromatic carbocycles. The van der Waals surface area contributed by atoms with Crippen molar-refractivity contribution >= 4 is 87.3 Å². The molecule has 10 heteroatoms. The van der Waals surface area contributed by atoms with Crippen molar-refractivity contribution in [2.75, 3.05) is 13.1 Å². The fraction of sp³-hybridized carbons (Fsp3) is 0.800. The lowest BCUT2D eigenvalue weighted by Crippen LogP contribution is -2.42. The van der Waals surface area contributed by atoms with Crippen LogP contribution in [-0.2, 0) is 19.2 Å². The van der Waals surface area contributed by atoms with Crippen LogP contribution in [0.15, 0.2) is 0 Å². The Kier molecular flexibility index (Phi) is 4.75. The Labute approximate surface area is 207 Å². The van der Waals surface area contributed by atoms with Crippen molar-refractivity contribution in [1.82, 2.24) is 9.80 Å². The lowest BCUT2D eigenvalue weighted by atomic mass is 9.81. The Bertz CT molecular complexity index is 751. The minimum absolute atomic E-state index is 0.117. The summed E-state index contributed by atoms with van der Waals surface area (Å²) in [6.07, 6.45) is 1.78. The molecule has 2 saturated heterocycles. The average Bonchev–Trinajstić information content (AvgIpc) is 3.50. The van der Waals surface area contributed by atoms with Gasteiger partial charge >= 0.3 is 0 Å². The Hall–Kier alpha value is 0.200. The van der Waals surface area contributed by atoms with Crippen LogP contribution >= 0.6 is 63.7 Å². The van der Waals surface area contributed by atoms with Crippen LogP contribution in [0.4, 0.5) is 0 Å². The van der Waals surface area contributed by atoms with Crippen LogP contribution in [0.5, 0.6) is 0 Å². The molecule has 6 fully saturated rings. The molecule has 4 bridgehead atoms. The number of rotatable bonds is 3. The fourth-order valence-electron chi connectivity index (χ4n) is 7.46. The first-order valence-corrected chi connectivity index (χ1v) is 14.2. The molecule has 4 saturated carbocycles. The number of fused-ring (bicyclic) bond motifs is 10. The first kappa shape index (κ1) is 20.8. The highest BCUT2D eigenvalue weighted by atomic mass is 79.9. The minimum atomic E-state index is -0.260. The van der Waals surface area contributed by atoms with Crippen molar-refractivity contribution in [2.24, 2.45) is 47.3 Å². The van der Waals surface area contributed by atoms with E-state index in [-0.39, 0.29) is 103 Å². The SMILES string of the molecule is O=C1C2C(C(=O)N1CCN1C(=O)C3C(C1=O)[C@H]1C[C@@H]3C(Br)C1Br)[C@H]1C[C@@H]2C(Br)C1Br. The van der Waals surface area contributed by atoms with Crippen molar-refractivity contribution in [1.29, 1.82) is 0 Å². The monoisotopic (exact) mass is 668 g/mol. The molecule has 12 atom stereocenters. The van der Waals surface area contributed by atoms with Crippen LogP contribution in [0.1, 0.15) is 12.8 Å². The molecule has 0 radical (unpaired) electrons. The summed E-state index contributed by atoms with van der Waals surface area (Å²) in [6.45, 7) is 0.234. The van der Waals surface area contributed by atoms with Gasteiger partial charge in [-0.2, -0.15) is 0 Å². The summed E-state index contributed by atoms with van der Waals surface area (Å²) in [5.41, 5.74) is 0. The Morgan fingerprint density at radius 2 is 0.767 bits per heavy atom. The van der Waals surface area contributed by atoms with Crippen LogP contribution in [0.2, 0.25) is 0 Å². The van der Waals surface area contributed by atoms with Gasteiger partial charge in [-0.15, -0.1) is 0 Å². The maximum atomic E-state index is 13.1. The van der Waals surface area contributed by atoms with Gasteiger partial charge in [0.1, 0.15) is 0 Å². The zero-order valence-corrected chi connectivity index (χ0v) is 22.1. The lowest BCUT2D eigenvalue weighted by molar-refractivity contribution is -0.146. The van der Waals surface area contributed by atoms with Gasteiger partial charge in [-0.3, -0.25) is 29.0 Å². The van der Waals surface area contributed by atoms with E-state index in [1.54, 1.807) is 0 Å². The highest BCUT2D eigenvalue weighted by Crippen LogP contribution is 2.61. The minimum Gasteiger partial charge on any atom is -0.280 e. The number of hydrogen-bond donors (Lipinski definition) is 0. The van der Waals surface area contributed by atoms with Gasteiger partial charge in [-0.1, -0.05) is 63.7 Å². The summed E-state index contributed by atoms with van der Waals surface area (Å²) in [4.78, 5) is 55.7. The molecule has 6 rings (SSSR count). The summed E-state index contributed by atoms with van der Waals surface area (Å²) in [5.74, 6) is -0.857. The van der Waals surface area contributed by atoms with Gasteiger partial charge in [0.05, 0.1) is 23.7 Å². The van der Waals surface area contributed by atoms with E-state index >= 15 is 0 Å². The number of nitrogens with zero attached hydrogens (tertiary/aromatic N) is 2.